The Bertz CT molecular complexity index is 890. The van der Waals surface area contributed by atoms with E-state index in [0.29, 0.717) is 0 Å². The third-order valence-corrected chi connectivity index (χ3v) is 2.63. The molecule has 2 aromatic heterocycles. The van der Waals surface area contributed by atoms with Crippen LogP contribution in [0.25, 0.3) is 22.6 Å². The second-order valence-corrected chi connectivity index (χ2v) is 3.92. The number of imidazole rings is 1. The lowest BCUT2D eigenvalue weighted by Crippen LogP contribution is -2.21. The van der Waals surface area contributed by atoms with Gasteiger partial charge < -0.3 is 15.2 Å². The van der Waals surface area contributed by atoms with E-state index in [1.165, 1.54) is 18.2 Å². The summed E-state index contributed by atoms with van der Waals surface area (Å²) in [4.78, 5) is 33.7. The van der Waals surface area contributed by atoms with Crippen molar-refractivity contribution in [1.82, 2.24) is 19.9 Å². The molecule has 0 atom stereocenters. The van der Waals surface area contributed by atoms with E-state index in [-0.39, 0.29) is 34.1 Å². The van der Waals surface area contributed by atoms with Crippen molar-refractivity contribution in [2.24, 2.45) is 0 Å². The molecule has 0 bridgehead atoms. The molecular weight excluding hydrogens is 252 g/mol. The van der Waals surface area contributed by atoms with Crippen LogP contribution in [0.3, 0.4) is 0 Å². The third-order valence-electron chi connectivity index (χ3n) is 2.63. The molecule has 0 aliphatic rings. The molecule has 0 spiro atoms. The predicted octanol–water partition coefficient (Wildman–Crippen LogP) is 0.0177. The van der Waals surface area contributed by atoms with Gasteiger partial charge in [-0.15, -0.1) is 0 Å². The number of phenolic OH excluding ortho intramolecular Hbond substituents is 2. The van der Waals surface area contributed by atoms with Gasteiger partial charge in [0.05, 0.1) is 5.56 Å². The fourth-order valence-electron chi connectivity index (χ4n) is 1.77. The largest absolute Gasteiger partial charge is 0.508 e. The second-order valence-electron chi connectivity index (χ2n) is 3.92. The molecule has 3 rings (SSSR count). The van der Waals surface area contributed by atoms with Crippen molar-refractivity contribution in [3.05, 3.63) is 39.0 Å². The van der Waals surface area contributed by atoms with Gasteiger partial charge in [-0.3, -0.25) is 14.8 Å². The van der Waals surface area contributed by atoms with Crippen LogP contribution in [0.5, 0.6) is 11.5 Å². The van der Waals surface area contributed by atoms with E-state index < -0.39 is 11.2 Å². The Hall–Kier alpha value is -3.03. The number of nitrogens with one attached hydrogen (secondary N) is 3. The van der Waals surface area contributed by atoms with E-state index in [2.05, 4.69) is 19.9 Å². The molecule has 2 heterocycles. The molecule has 0 unspecified atom stereocenters. The lowest BCUT2D eigenvalue weighted by Gasteiger charge is -2.01. The van der Waals surface area contributed by atoms with Crippen LogP contribution in [0.1, 0.15) is 0 Å². The van der Waals surface area contributed by atoms with Crippen molar-refractivity contribution in [3.63, 3.8) is 0 Å². The number of hydrogen-bond donors (Lipinski definition) is 5. The summed E-state index contributed by atoms with van der Waals surface area (Å²) >= 11 is 0. The maximum Gasteiger partial charge on any atom is 0.327 e. The van der Waals surface area contributed by atoms with Gasteiger partial charge in [-0.1, -0.05) is 0 Å². The van der Waals surface area contributed by atoms with Crippen LogP contribution < -0.4 is 11.2 Å². The lowest BCUT2D eigenvalue weighted by atomic mass is 10.2. The van der Waals surface area contributed by atoms with Crippen LogP contribution in [0.4, 0.5) is 0 Å². The number of hydrogen-bond acceptors (Lipinski definition) is 5. The van der Waals surface area contributed by atoms with Crippen LogP contribution >= 0.6 is 0 Å². The smallest absolute Gasteiger partial charge is 0.327 e. The predicted molar refractivity (Wildman–Crippen MR) is 66.1 cm³/mol. The van der Waals surface area contributed by atoms with Crippen LogP contribution in [0.15, 0.2) is 27.8 Å². The molecule has 0 aliphatic heterocycles. The zero-order chi connectivity index (χ0) is 13.6. The summed E-state index contributed by atoms with van der Waals surface area (Å²) in [5.41, 5.74) is -0.909. The summed E-state index contributed by atoms with van der Waals surface area (Å²) in [6.45, 7) is 0. The van der Waals surface area contributed by atoms with Gasteiger partial charge in [-0.25, -0.2) is 9.78 Å². The van der Waals surface area contributed by atoms with E-state index >= 15 is 0 Å². The highest BCUT2D eigenvalue weighted by Gasteiger charge is 2.12. The Kier molecular flexibility index (Phi) is 2.18. The molecule has 0 aliphatic carbocycles. The number of nitrogens with zero attached hydrogens (tertiary/aromatic N) is 1. The van der Waals surface area contributed by atoms with Crippen molar-refractivity contribution in [2.75, 3.05) is 0 Å². The van der Waals surface area contributed by atoms with E-state index in [4.69, 9.17) is 0 Å². The van der Waals surface area contributed by atoms with E-state index in [1.807, 2.05) is 0 Å². The van der Waals surface area contributed by atoms with Crippen molar-refractivity contribution < 1.29 is 10.2 Å². The first kappa shape index (κ1) is 11.1. The molecule has 8 heteroatoms. The highest BCUT2D eigenvalue weighted by molar-refractivity contribution is 5.77. The molecule has 0 fully saturated rings. The standard InChI is InChI=1S/C11H8N4O4/c16-4-1-2-6(17)5(3-4)8-12-7-9(13-8)14-11(19)15-10(7)18/h1-3,16-17H,(H3,12,13,14,15,18,19). The Labute approximate surface area is 104 Å². The molecular formula is C11H8N4O4. The Morgan fingerprint density at radius 1 is 1.05 bits per heavy atom. The van der Waals surface area contributed by atoms with Gasteiger partial charge in [0.25, 0.3) is 5.56 Å². The quantitative estimate of drug-likeness (QED) is 0.393. The number of aromatic hydroxyl groups is 2. The summed E-state index contributed by atoms with van der Waals surface area (Å²) in [7, 11) is 0. The molecule has 0 amide bonds. The van der Waals surface area contributed by atoms with Gasteiger partial charge in [0.15, 0.2) is 5.65 Å². The zero-order valence-electron chi connectivity index (χ0n) is 9.39. The molecule has 96 valence electrons. The Morgan fingerprint density at radius 3 is 2.63 bits per heavy atom. The Balaban J connectivity index is 2.32. The van der Waals surface area contributed by atoms with E-state index in [1.54, 1.807) is 0 Å². The normalized spacial score (nSPS) is 10.9. The first-order valence-corrected chi connectivity index (χ1v) is 5.29. The van der Waals surface area contributed by atoms with E-state index in [9.17, 15) is 19.8 Å². The number of aromatic nitrogens is 4. The zero-order valence-corrected chi connectivity index (χ0v) is 9.39. The maximum atomic E-state index is 11.5. The van der Waals surface area contributed by atoms with Crippen molar-refractivity contribution in [3.8, 4) is 22.9 Å². The molecule has 0 saturated carbocycles. The van der Waals surface area contributed by atoms with Gasteiger partial charge in [-0.05, 0) is 18.2 Å². The topological polar surface area (TPSA) is 135 Å². The summed E-state index contributed by atoms with van der Waals surface area (Å²) in [5.74, 6) is -0.0120. The maximum absolute atomic E-state index is 11.5. The number of H-pyrrole nitrogens is 3. The summed E-state index contributed by atoms with van der Waals surface area (Å²) in [6.07, 6.45) is 0. The number of benzene rings is 1. The fraction of sp³-hybridized carbons (Fsp3) is 0. The minimum Gasteiger partial charge on any atom is -0.508 e. The van der Waals surface area contributed by atoms with Crippen LogP contribution in [-0.4, -0.2) is 30.1 Å². The third kappa shape index (κ3) is 1.75. The average Bonchev–Trinajstić information content (AvgIpc) is 2.76. The van der Waals surface area contributed by atoms with Crippen molar-refractivity contribution in [1.29, 1.82) is 0 Å². The summed E-state index contributed by atoms with van der Waals surface area (Å²) < 4.78 is 0. The number of rotatable bonds is 1. The summed E-state index contributed by atoms with van der Waals surface area (Å²) in [6, 6.07) is 3.90. The van der Waals surface area contributed by atoms with E-state index in [0.717, 1.165) is 0 Å². The fourth-order valence-corrected chi connectivity index (χ4v) is 1.77. The first-order valence-electron chi connectivity index (χ1n) is 5.29. The summed E-state index contributed by atoms with van der Waals surface area (Å²) in [5, 5.41) is 19.1. The van der Waals surface area contributed by atoms with Crippen LogP contribution in [0.2, 0.25) is 0 Å². The lowest BCUT2D eigenvalue weighted by molar-refractivity contribution is 0.461. The second kappa shape index (κ2) is 3.73. The number of fused-ring (bicyclic) bond motifs is 1. The monoisotopic (exact) mass is 260 g/mol. The number of phenols is 2. The minimum atomic E-state index is -0.671. The van der Waals surface area contributed by atoms with Gasteiger partial charge in [-0.2, -0.15) is 0 Å². The Morgan fingerprint density at radius 2 is 1.84 bits per heavy atom. The van der Waals surface area contributed by atoms with Crippen molar-refractivity contribution >= 4 is 11.2 Å². The SMILES string of the molecule is O=c1[nH]c(=O)c2[nH]c(-c3cc(O)ccc3O)nc2[nH]1. The molecule has 1 aromatic carbocycles. The van der Waals surface area contributed by atoms with Crippen LogP contribution in [0, 0.1) is 0 Å². The average molecular weight is 260 g/mol. The number of aromatic amines is 3. The molecule has 3 aromatic rings. The van der Waals surface area contributed by atoms with Crippen LogP contribution in [-0.2, 0) is 0 Å². The molecule has 8 nitrogen and oxygen atoms in total. The first-order chi connectivity index (χ1) is 9.04. The highest BCUT2D eigenvalue weighted by Crippen LogP contribution is 2.30. The van der Waals surface area contributed by atoms with Gasteiger partial charge in [0.1, 0.15) is 22.8 Å². The highest BCUT2D eigenvalue weighted by atomic mass is 16.3. The molecule has 5 N–H and O–H groups in total. The van der Waals surface area contributed by atoms with Crippen molar-refractivity contribution in [2.45, 2.75) is 0 Å². The van der Waals surface area contributed by atoms with Gasteiger partial charge in [0, 0.05) is 0 Å². The molecule has 19 heavy (non-hydrogen) atoms. The molecule has 0 radical (unpaired) electrons. The van der Waals surface area contributed by atoms with Gasteiger partial charge >= 0.3 is 5.69 Å². The van der Waals surface area contributed by atoms with Gasteiger partial charge in [0.2, 0.25) is 0 Å². The molecule has 0 saturated heterocycles. The minimum absolute atomic E-state index is 0.0596.